The average molecular weight is 374 g/mol. The molecule has 1 aromatic heterocycles. The number of nitrogens with zero attached hydrogens (tertiary/aromatic N) is 3. The van der Waals surface area contributed by atoms with Crippen LogP contribution in [0.4, 0.5) is 17.3 Å². The number of hydrogen-bond donors (Lipinski definition) is 1. The van der Waals surface area contributed by atoms with Crippen LogP contribution in [0.15, 0.2) is 66.9 Å². The molecular weight excluding hydrogens is 348 g/mol. The Kier molecular flexibility index (Phi) is 5.73. The van der Waals surface area contributed by atoms with Gasteiger partial charge in [0.1, 0.15) is 5.69 Å². The minimum Gasteiger partial charge on any atom is -0.321 e. The molecule has 144 valence electrons. The fourth-order valence-electron chi connectivity index (χ4n) is 2.90. The van der Waals surface area contributed by atoms with E-state index in [1.54, 1.807) is 12.3 Å². The second-order valence-corrected chi connectivity index (χ2v) is 7.60. The number of aromatic nitrogens is 2. The molecule has 0 aliphatic carbocycles. The summed E-state index contributed by atoms with van der Waals surface area (Å²) in [7, 11) is 0. The van der Waals surface area contributed by atoms with Gasteiger partial charge in [-0.1, -0.05) is 51.1 Å². The molecule has 0 spiro atoms. The molecule has 0 aliphatic rings. The predicted molar refractivity (Wildman–Crippen MR) is 114 cm³/mol. The maximum Gasteiger partial charge on any atom is 0.274 e. The maximum atomic E-state index is 12.7. The van der Waals surface area contributed by atoms with Crippen LogP contribution < -0.4 is 10.2 Å². The molecule has 0 saturated carbocycles. The van der Waals surface area contributed by atoms with Gasteiger partial charge >= 0.3 is 0 Å². The largest absolute Gasteiger partial charge is 0.321 e. The summed E-state index contributed by atoms with van der Waals surface area (Å²) >= 11 is 0. The van der Waals surface area contributed by atoms with Crippen molar-refractivity contribution >= 4 is 23.2 Å². The zero-order valence-electron chi connectivity index (χ0n) is 16.8. The highest BCUT2D eigenvalue weighted by Crippen LogP contribution is 2.24. The van der Waals surface area contributed by atoms with E-state index < -0.39 is 0 Å². The Morgan fingerprint density at radius 2 is 1.68 bits per heavy atom. The Balaban J connectivity index is 1.79. The first-order chi connectivity index (χ1) is 13.4. The molecule has 1 amide bonds. The van der Waals surface area contributed by atoms with Crippen molar-refractivity contribution in [3.05, 3.63) is 78.1 Å². The van der Waals surface area contributed by atoms with E-state index in [9.17, 15) is 4.79 Å². The Morgan fingerprint density at radius 3 is 2.29 bits per heavy atom. The summed E-state index contributed by atoms with van der Waals surface area (Å²) in [6.07, 6.45) is 1.62. The summed E-state index contributed by atoms with van der Waals surface area (Å²) in [4.78, 5) is 23.5. The van der Waals surface area contributed by atoms with Crippen LogP contribution in [0.2, 0.25) is 0 Å². The quantitative estimate of drug-likeness (QED) is 0.668. The molecule has 0 fully saturated rings. The molecular formula is C23H26N4O. The van der Waals surface area contributed by atoms with Crippen molar-refractivity contribution in [1.82, 2.24) is 9.97 Å². The highest BCUT2D eigenvalue weighted by molar-refractivity contribution is 6.03. The van der Waals surface area contributed by atoms with E-state index >= 15 is 0 Å². The first kappa shape index (κ1) is 19.5. The molecule has 3 aromatic rings. The predicted octanol–water partition coefficient (Wildman–Crippen LogP) is 5.18. The van der Waals surface area contributed by atoms with Gasteiger partial charge < -0.3 is 10.2 Å². The van der Waals surface area contributed by atoms with Crippen molar-refractivity contribution in [2.45, 2.75) is 33.1 Å². The number of carbonyl (C=O) groups is 1. The molecule has 3 rings (SSSR count). The Morgan fingerprint density at radius 1 is 1.00 bits per heavy atom. The summed E-state index contributed by atoms with van der Waals surface area (Å²) in [6, 6.07) is 19.4. The van der Waals surface area contributed by atoms with E-state index in [4.69, 9.17) is 0 Å². The number of rotatable bonds is 5. The van der Waals surface area contributed by atoms with E-state index in [-0.39, 0.29) is 11.3 Å². The summed E-state index contributed by atoms with van der Waals surface area (Å²) in [5, 5.41) is 2.91. The van der Waals surface area contributed by atoms with E-state index in [1.807, 2.05) is 66.4 Å². The molecule has 0 radical (unpaired) electrons. The Hall–Kier alpha value is -3.21. The van der Waals surface area contributed by atoms with Gasteiger partial charge in [-0.25, -0.2) is 9.97 Å². The van der Waals surface area contributed by atoms with Gasteiger partial charge in [0.2, 0.25) is 5.95 Å². The zero-order valence-corrected chi connectivity index (χ0v) is 16.8. The highest BCUT2D eigenvalue weighted by Gasteiger charge is 2.16. The maximum absolute atomic E-state index is 12.7. The van der Waals surface area contributed by atoms with Crippen LogP contribution in [-0.4, -0.2) is 22.4 Å². The molecule has 1 N–H and O–H groups in total. The van der Waals surface area contributed by atoms with Gasteiger partial charge in [0.25, 0.3) is 5.91 Å². The fourth-order valence-corrected chi connectivity index (χ4v) is 2.90. The Labute approximate surface area is 166 Å². The summed E-state index contributed by atoms with van der Waals surface area (Å²) in [5.41, 5.74) is 3.36. The van der Waals surface area contributed by atoms with Crippen LogP contribution in [-0.2, 0) is 5.41 Å². The van der Waals surface area contributed by atoms with Crippen LogP contribution in [0.1, 0.15) is 43.7 Å². The monoisotopic (exact) mass is 374 g/mol. The summed E-state index contributed by atoms with van der Waals surface area (Å²) < 4.78 is 0. The third-order valence-electron chi connectivity index (χ3n) is 4.51. The van der Waals surface area contributed by atoms with Gasteiger partial charge in [-0.3, -0.25) is 4.79 Å². The van der Waals surface area contributed by atoms with Crippen molar-refractivity contribution in [3.8, 4) is 0 Å². The molecule has 5 heteroatoms. The number of benzene rings is 2. The molecule has 5 nitrogen and oxygen atoms in total. The van der Waals surface area contributed by atoms with E-state index in [0.29, 0.717) is 18.2 Å². The molecule has 0 atom stereocenters. The van der Waals surface area contributed by atoms with Crippen molar-refractivity contribution in [2.24, 2.45) is 0 Å². The van der Waals surface area contributed by atoms with Crippen molar-refractivity contribution < 1.29 is 4.79 Å². The van der Waals surface area contributed by atoms with Crippen LogP contribution >= 0.6 is 0 Å². The number of amides is 1. The minimum atomic E-state index is -0.253. The second-order valence-electron chi connectivity index (χ2n) is 7.60. The van der Waals surface area contributed by atoms with E-state index in [2.05, 4.69) is 36.1 Å². The fraction of sp³-hybridized carbons (Fsp3) is 0.261. The third kappa shape index (κ3) is 4.55. The second kappa shape index (κ2) is 8.21. The van der Waals surface area contributed by atoms with Gasteiger partial charge in [-0.2, -0.15) is 0 Å². The lowest BCUT2D eigenvalue weighted by atomic mass is 9.87. The molecule has 28 heavy (non-hydrogen) atoms. The van der Waals surface area contributed by atoms with Gasteiger partial charge in [-0.05, 0) is 48.2 Å². The SMILES string of the molecule is CCN(c1ccccc1)c1nccc(C(=O)Nc2ccc(C(C)(C)C)cc2)n1. The first-order valence-electron chi connectivity index (χ1n) is 9.46. The zero-order chi connectivity index (χ0) is 20.1. The molecule has 0 saturated heterocycles. The number of carbonyl (C=O) groups excluding carboxylic acids is 1. The summed E-state index contributed by atoms with van der Waals surface area (Å²) in [5.74, 6) is 0.251. The molecule has 0 aliphatic heterocycles. The average Bonchev–Trinajstić information content (AvgIpc) is 2.69. The van der Waals surface area contributed by atoms with E-state index in [1.165, 1.54) is 5.56 Å². The lowest BCUT2D eigenvalue weighted by Gasteiger charge is -2.21. The molecule has 1 heterocycles. The third-order valence-corrected chi connectivity index (χ3v) is 4.51. The number of anilines is 3. The number of nitrogens with one attached hydrogen (secondary N) is 1. The minimum absolute atomic E-state index is 0.0745. The van der Waals surface area contributed by atoms with E-state index in [0.717, 1.165) is 11.4 Å². The van der Waals surface area contributed by atoms with Crippen molar-refractivity contribution in [1.29, 1.82) is 0 Å². The van der Waals surface area contributed by atoms with Gasteiger partial charge in [-0.15, -0.1) is 0 Å². The van der Waals surface area contributed by atoms with Gasteiger partial charge in [0.05, 0.1) is 0 Å². The topological polar surface area (TPSA) is 58.1 Å². The first-order valence-corrected chi connectivity index (χ1v) is 9.46. The van der Waals surface area contributed by atoms with Crippen LogP contribution in [0.25, 0.3) is 0 Å². The number of para-hydroxylation sites is 1. The number of hydrogen-bond acceptors (Lipinski definition) is 4. The highest BCUT2D eigenvalue weighted by atomic mass is 16.1. The smallest absolute Gasteiger partial charge is 0.274 e. The standard InChI is InChI=1S/C23H26N4O/c1-5-27(19-9-7-6-8-10-19)22-24-16-15-20(26-22)21(28)25-18-13-11-17(12-14-18)23(2,3)4/h6-16H,5H2,1-4H3,(H,25,28). The van der Waals surface area contributed by atoms with Crippen molar-refractivity contribution in [2.75, 3.05) is 16.8 Å². The van der Waals surface area contributed by atoms with Crippen LogP contribution in [0, 0.1) is 0 Å². The van der Waals surface area contributed by atoms with Crippen LogP contribution in [0.3, 0.4) is 0 Å². The molecule has 0 unspecified atom stereocenters. The van der Waals surface area contributed by atoms with Gasteiger partial charge in [0, 0.05) is 24.1 Å². The van der Waals surface area contributed by atoms with Crippen molar-refractivity contribution in [3.63, 3.8) is 0 Å². The molecule has 2 aromatic carbocycles. The lowest BCUT2D eigenvalue weighted by molar-refractivity contribution is 0.102. The summed E-state index contributed by atoms with van der Waals surface area (Å²) in [6.45, 7) is 9.21. The molecule has 0 bridgehead atoms. The Bertz CT molecular complexity index is 931. The normalized spacial score (nSPS) is 11.1. The lowest BCUT2D eigenvalue weighted by Crippen LogP contribution is -2.21. The van der Waals surface area contributed by atoms with Gasteiger partial charge in [0.15, 0.2) is 0 Å². The van der Waals surface area contributed by atoms with Crippen LogP contribution in [0.5, 0.6) is 0 Å².